The number of anilines is 1. The highest BCUT2D eigenvalue weighted by atomic mass is 19.4. The predicted molar refractivity (Wildman–Crippen MR) is 67.8 cm³/mol. The Hall–Kier alpha value is -1.63. The van der Waals surface area contributed by atoms with Gasteiger partial charge in [0.05, 0.1) is 6.54 Å². The first-order valence-corrected chi connectivity index (χ1v) is 6.20. The first-order chi connectivity index (χ1) is 9.37. The third kappa shape index (κ3) is 7.73. The van der Waals surface area contributed by atoms with Crippen LogP contribution in [0.4, 0.5) is 23.2 Å². The molecule has 0 aromatic heterocycles. The zero-order valence-electron chi connectivity index (χ0n) is 10.8. The summed E-state index contributed by atoms with van der Waals surface area (Å²) in [6.07, 6.45) is -4.55. The van der Waals surface area contributed by atoms with Crippen LogP contribution in [0.3, 0.4) is 0 Å². The summed E-state index contributed by atoms with van der Waals surface area (Å²) in [7, 11) is 0. The highest BCUT2D eigenvalue weighted by Crippen LogP contribution is 2.21. The van der Waals surface area contributed by atoms with Crippen LogP contribution in [0.25, 0.3) is 0 Å². The first-order valence-electron chi connectivity index (χ1n) is 6.20. The van der Waals surface area contributed by atoms with Crippen molar-refractivity contribution in [2.24, 2.45) is 0 Å². The van der Waals surface area contributed by atoms with Crippen molar-refractivity contribution in [3.63, 3.8) is 0 Å². The summed E-state index contributed by atoms with van der Waals surface area (Å²) in [5.41, 5.74) is 0.468. The lowest BCUT2D eigenvalue weighted by molar-refractivity contribution is -0.135. The summed E-state index contributed by atoms with van der Waals surface area (Å²) in [5.74, 6) is -0.724. The molecule has 0 aliphatic carbocycles. The van der Waals surface area contributed by atoms with Gasteiger partial charge in [-0.3, -0.25) is 4.79 Å². The molecule has 0 aliphatic heterocycles. The molecule has 112 valence electrons. The topological polar surface area (TPSA) is 41.1 Å². The van der Waals surface area contributed by atoms with Gasteiger partial charge in [-0.05, 0) is 43.7 Å². The molecule has 2 N–H and O–H groups in total. The van der Waals surface area contributed by atoms with Gasteiger partial charge in [0.15, 0.2) is 0 Å². The Morgan fingerprint density at radius 3 is 2.35 bits per heavy atom. The average molecular weight is 292 g/mol. The van der Waals surface area contributed by atoms with E-state index in [-0.39, 0.29) is 18.9 Å². The van der Waals surface area contributed by atoms with Crippen LogP contribution in [0.1, 0.15) is 19.3 Å². The van der Waals surface area contributed by atoms with Gasteiger partial charge in [0.2, 0.25) is 5.91 Å². The molecule has 0 spiro atoms. The molecule has 1 rings (SSSR count). The molecule has 1 aromatic rings. The van der Waals surface area contributed by atoms with E-state index in [0.29, 0.717) is 18.7 Å². The Labute approximate surface area is 114 Å². The number of hydrogen-bond donors (Lipinski definition) is 2. The van der Waals surface area contributed by atoms with Gasteiger partial charge >= 0.3 is 6.18 Å². The second-order valence-electron chi connectivity index (χ2n) is 4.30. The van der Waals surface area contributed by atoms with Gasteiger partial charge in [-0.25, -0.2) is 4.39 Å². The van der Waals surface area contributed by atoms with E-state index in [1.165, 1.54) is 24.3 Å². The standard InChI is InChI=1S/C13H16F4N2O/c14-10-3-5-11(6-4-10)19-12(20)9-18-8-2-1-7-13(15,16)17/h3-6,18H,1-2,7-9H2,(H,19,20). The van der Waals surface area contributed by atoms with Crippen molar-refractivity contribution in [2.75, 3.05) is 18.4 Å². The fourth-order valence-corrected chi connectivity index (χ4v) is 1.52. The maximum Gasteiger partial charge on any atom is 0.389 e. The maximum absolute atomic E-state index is 12.6. The van der Waals surface area contributed by atoms with Gasteiger partial charge in [-0.2, -0.15) is 13.2 Å². The van der Waals surface area contributed by atoms with Crippen LogP contribution in [0.2, 0.25) is 0 Å². The molecule has 3 nitrogen and oxygen atoms in total. The van der Waals surface area contributed by atoms with Crippen LogP contribution in [-0.2, 0) is 4.79 Å². The van der Waals surface area contributed by atoms with Crippen LogP contribution in [0, 0.1) is 5.82 Å². The molecular formula is C13H16F4N2O. The van der Waals surface area contributed by atoms with Crippen molar-refractivity contribution in [1.82, 2.24) is 5.32 Å². The van der Waals surface area contributed by atoms with Crippen molar-refractivity contribution in [2.45, 2.75) is 25.4 Å². The number of benzene rings is 1. The van der Waals surface area contributed by atoms with Gasteiger partial charge in [-0.1, -0.05) is 0 Å². The lowest BCUT2D eigenvalue weighted by Crippen LogP contribution is -2.28. The molecule has 1 amide bonds. The monoisotopic (exact) mass is 292 g/mol. The summed E-state index contributed by atoms with van der Waals surface area (Å²) in [4.78, 5) is 11.4. The largest absolute Gasteiger partial charge is 0.389 e. The number of amides is 1. The zero-order valence-corrected chi connectivity index (χ0v) is 10.8. The van der Waals surface area contributed by atoms with Gasteiger partial charge in [0.25, 0.3) is 0 Å². The van der Waals surface area contributed by atoms with E-state index in [0.717, 1.165) is 0 Å². The van der Waals surface area contributed by atoms with Gasteiger partial charge in [0, 0.05) is 12.1 Å². The summed E-state index contributed by atoms with van der Waals surface area (Å²) < 4.78 is 48.2. The second-order valence-corrected chi connectivity index (χ2v) is 4.30. The van der Waals surface area contributed by atoms with E-state index in [1.807, 2.05) is 0 Å². The summed E-state index contributed by atoms with van der Waals surface area (Å²) in [6.45, 7) is 0.344. The Morgan fingerprint density at radius 1 is 1.10 bits per heavy atom. The quantitative estimate of drug-likeness (QED) is 0.599. The van der Waals surface area contributed by atoms with Crippen LogP contribution in [0.5, 0.6) is 0 Å². The van der Waals surface area contributed by atoms with E-state index in [1.54, 1.807) is 0 Å². The van der Waals surface area contributed by atoms with Gasteiger partial charge in [0.1, 0.15) is 5.82 Å². The minimum Gasteiger partial charge on any atom is -0.325 e. The summed E-state index contributed by atoms with van der Waals surface area (Å²) in [6, 6.07) is 5.30. The molecule has 0 aliphatic rings. The van der Waals surface area contributed by atoms with Crippen molar-refractivity contribution in [3.8, 4) is 0 Å². The van der Waals surface area contributed by atoms with E-state index in [2.05, 4.69) is 10.6 Å². The van der Waals surface area contributed by atoms with E-state index >= 15 is 0 Å². The van der Waals surface area contributed by atoms with E-state index in [4.69, 9.17) is 0 Å². The highest BCUT2D eigenvalue weighted by Gasteiger charge is 2.25. The molecule has 0 saturated carbocycles. The number of halogens is 4. The summed E-state index contributed by atoms with van der Waals surface area (Å²) >= 11 is 0. The minimum absolute atomic E-state index is 0.00337. The number of carbonyl (C=O) groups is 1. The fourth-order valence-electron chi connectivity index (χ4n) is 1.52. The molecule has 0 unspecified atom stereocenters. The molecule has 0 radical (unpaired) electrons. The second kappa shape index (κ2) is 7.84. The van der Waals surface area contributed by atoms with Crippen LogP contribution >= 0.6 is 0 Å². The van der Waals surface area contributed by atoms with E-state index in [9.17, 15) is 22.4 Å². The first kappa shape index (κ1) is 16.4. The number of nitrogens with one attached hydrogen (secondary N) is 2. The zero-order chi connectivity index (χ0) is 15.0. The van der Waals surface area contributed by atoms with Gasteiger partial charge in [-0.15, -0.1) is 0 Å². The third-order valence-corrected chi connectivity index (χ3v) is 2.48. The molecular weight excluding hydrogens is 276 g/mol. The van der Waals surface area contributed by atoms with Crippen molar-refractivity contribution in [1.29, 1.82) is 0 Å². The van der Waals surface area contributed by atoms with Crippen molar-refractivity contribution >= 4 is 11.6 Å². The Balaban J connectivity index is 2.10. The molecule has 20 heavy (non-hydrogen) atoms. The third-order valence-electron chi connectivity index (χ3n) is 2.48. The van der Waals surface area contributed by atoms with Crippen LogP contribution < -0.4 is 10.6 Å². The molecule has 0 atom stereocenters. The lowest BCUT2D eigenvalue weighted by atomic mass is 10.2. The molecule has 0 fully saturated rings. The average Bonchev–Trinajstić information content (AvgIpc) is 2.35. The van der Waals surface area contributed by atoms with Crippen molar-refractivity contribution < 1.29 is 22.4 Å². The molecule has 0 saturated heterocycles. The lowest BCUT2D eigenvalue weighted by Gasteiger charge is -2.08. The van der Waals surface area contributed by atoms with E-state index < -0.39 is 18.4 Å². The number of rotatable bonds is 7. The number of unbranched alkanes of at least 4 members (excludes halogenated alkanes) is 1. The SMILES string of the molecule is O=C(CNCCCCC(F)(F)F)Nc1ccc(F)cc1. The fraction of sp³-hybridized carbons (Fsp3) is 0.462. The maximum atomic E-state index is 12.6. The number of hydrogen-bond acceptors (Lipinski definition) is 2. The van der Waals surface area contributed by atoms with Crippen LogP contribution in [-0.4, -0.2) is 25.2 Å². The number of alkyl halides is 3. The normalized spacial score (nSPS) is 11.4. The highest BCUT2D eigenvalue weighted by molar-refractivity contribution is 5.92. The Morgan fingerprint density at radius 2 is 1.75 bits per heavy atom. The summed E-state index contributed by atoms with van der Waals surface area (Å²) in [5, 5.41) is 5.29. The van der Waals surface area contributed by atoms with Gasteiger partial charge < -0.3 is 10.6 Å². The van der Waals surface area contributed by atoms with Crippen LogP contribution in [0.15, 0.2) is 24.3 Å². The smallest absolute Gasteiger partial charge is 0.325 e. The Kier molecular flexibility index (Phi) is 6.44. The van der Waals surface area contributed by atoms with Crippen molar-refractivity contribution in [3.05, 3.63) is 30.1 Å². The predicted octanol–water partition coefficient (Wildman–Crippen LogP) is 3.09. The minimum atomic E-state index is -4.13. The number of carbonyl (C=O) groups excluding carboxylic acids is 1. The molecule has 0 heterocycles. The molecule has 1 aromatic carbocycles. The molecule has 7 heteroatoms. The Bertz CT molecular complexity index is 417. The molecule has 0 bridgehead atoms.